The summed E-state index contributed by atoms with van der Waals surface area (Å²) in [5.41, 5.74) is 5.36. The Morgan fingerprint density at radius 1 is 1.24 bits per heavy atom. The Bertz CT molecular complexity index is 565. The van der Waals surface area contributed by atoms with Crippen LogP contribution in [0.3, 0.4) is 0 Å². The van der Waals surface area contributed by atoms with E-state index in [1.165, 1.54) is 24.3 Å². The van der Waals surface area contributed by atoms with E-state index in [1.807, 2.05) is 4.90 Å². The molecule has 0 aromatic heterocycles. The highest BCUT2D eigenvalue weighted by Crippen LogP contribution is 2.18. The molecule has 138 valence electrons. The number of nitrogens with two attached hydrogens (primary N) is 1. The predicted octanol–water partition coefficient (Wildman–Crippen LogP) is 1.44. The zero-order valence-corrected chi connectivity index (χ0v) is 14.4. The first kappa shape index (κ1) is 19.2. The Morgan fingerprint density at radius 3 is 2.72 bits per heavy atom. The van der Waals surface area contributed by atoms with E-state index in [9.17, 15) is 14.0 Å². The lowest BCUT2D eigenvalue weighted by molar-refractivity contribution is -0.136. The average Bonchev–Trinajstić information content (AvgIpc) is 2.62. The van der Waals surface area contributed by atoms with Crippen LogP contribution in [-0.2, 0) is 9.59 Å². The monoisotopic (exact) mass is 351 g/mol. The van der Waals surface area contributed by atoms with Gasteiger partial charge in [-0.05, 0) is 43.5 Å². The van der Waals surface area contributed by atoms with Gasteiger partial charge in [0.2, 0.25) is 11.8 Å². The largest absolute Gasteiger partial charge is 0.493 e. The summed E-state index contributed by atoms with van der Waals surface area (Å²) in [5, 5.41) is 2.85. The number of hydrogen-bond donors (Lipinski definition) is 2. The Morgan fingerprint density at radius 2 is 2.00 bits per heavy atom. The molecule has 6 nitrogen and oxygen atoms in total. The Labute approximate surface area is 147 Å². The molecule has 2 amide bonds. The van der Waals surface area contributed by atoms with Crippen molar-refractivity contribution in [2.75, 3.05) is 26.2 Å². The summed E-state index contributed by atoms with van der Waals surface area (Å²) in [6, 6.07) is 5.74. The minimum absolute atomic E-state index is 0.0138. The molecule has 0 saturated carbocycles. The summed E-state index contributed by atoms with van der Waals surface area (Å²) in [4.78, 5) is 25.9. The second-order valence-electron chi connectivity index (χ2n) is 6.13. The summed E-state index contributed by atoms with van der Waals surface area (Å²) in [5.74, 6) is 0.148. The fraction of sp³-hybridized carbons (Fsp3) is 0.556. The maximum absolute atomic E-state index is 12.8. The van der Waals surface area contributed by atoms with Gasteiger partial charge < -0.3 is 20.7 Å². The van der Waals surface area contributed by atoms with Crippen molar-refractivity contribution in [2.24, 2.45) is 5.73 Å². The lowest BCUT2D eigenvalue weighted by Gasteiger charge is -2.36. The summed E-state index contributed by atoms with van der Waals surface area (Å²) in [6.07, 6.45) is 3.45. The number of halogens is 1. The standard InChI is InChI=1S/C18H26FN3O3/c19-14-4-6-16(7-5-14)25-12-9-18(24)22-11-2-1-3-15(22)13-21-17(23)8-10-20/h4-7,15H,1-3,8-13,20H2,(H,21,23). The number of nitrogens with one attached hydrogen (secondary N) is 1. The van der Waals surface area contributed by atoms with E-state index in [2.05, 4.69) is 5.32 Å². The molecule has 3 N–H and O–H groups in total. The molecule has 0 aliphatic carbocycles. The summed E-state index contributed by atoms with van der Waals surface area (Å²) in [6.45, 7) is 1.73. The van der Waals surface area contributed by atoms with Crippen LogP contribution in [0.1, 0.15) is 32.1 Å². The summed E-state index contributed by atoms with van der Waals surface area (Å²) in [7, 11) is 0. The van der Waals surface area contributed by atoms with Gasteiger partial charge in [-0.1, -0.05) is 0 Å². The minimum atomic E-state index is -0.323. The van der Waals surface area contributed by atoms with Crippen molar-refractivity contribution in [3.63, 3.8) is 0 Å². The SMILES string of the molecule is NCCC(=O)NCC1CCCCN1C(=O)CCOc1ccc(F)cc1. The van der Waals surface area contributed by atoms with Crippen LogP contribution < -0.4 is 15.8 Å². The van der Waals surface area contributed by atoms with Gasteiger partial charge in [-0.15, -0.1) is 0 Å². The predicted molar refractivity (Wildman–Crippen MR) is 92.5 cm³/mol. The molecule has 1 atom stereocenters. The van der Waals surface area contributed by atoms with E-state index in [-0.39, 0.29) is 36.7 Å². The highest BCUT2D eigenvalue weighted by molar-refractivity contribution is 5.78. The lowest BCUT2D eigenvalue weighted by atomic mass is 10.0. The van der Waals surface area contributed by atoms with Crippen LogP contribution in [0.15, 0.2) is 24.3 Å². The highest BCUT2D eigenvalue weighted by Gasteiger charge is 2.26. The third-order valence-electron chi connectivity index (χ3n) is 4.25. The molecule has 1 saturated heterocycles. The Balaban J connectivity index is 1.78. The number of likely N-dealkylation sites (tertiary alicyclic amines) is 1. The molecular weight excluding hydrogens is 325 g/mol. The summed E-state index contributed by atoms with van der Waals surface area (Å²) >= 11 is 0. The quantitative estimate of drug-likeness (QED) is 0.742. The van der Waals surface area contributed by atoms with Crippen LogP contribution in [-0.4, -0.2) is 49.0 Å². The molecular formula is C18H26FN3O3. The fourth-order valence-electron chi connectivity index (χ4n) is 2.92. The Hall–Kier alpha value is -2.15. The first-order chi connectivity index (χ1) is 12.1. The number of rotatable bonds is 8. The van der Waals surface area contributed by atoms with Crippen LogP contribution >= 0.6 is 0 Å². The minimum Gasteiger partial charge on any atom is -0.493 e. The number of amides is 2. The van der Waals surface area contributed by atoms with Crippen molar-refractivity contribution >= 4 is 11.8 Å². The van der Waals surface area contributed by atoms with Crippen LogP contribution in [0.25, 0.3) is 0 Å². The van der Waals surface area contributed by atoms with Crippen LogP contribution in [0.4, 0.5) is 4.39 Å². The molecule has 0 bridgehead atoms. The van der Waals surface area contributed by atoms with Gasteiger partial charge in [-0.3, -0.25) is 9.59 Å². The molecule has 25 heavy (non-hydrogen) atoms. The molecule has 1 heterocycles. The number of hydrogen-bond acceptors (Lipinski definition) is 4. The Kier molecular flexibility index (Phi) is 7.66. The number of carbonyl (C=O) groups excluding carboxylic acids is 2. The van der Waals surface area contributed by atoms with Crippen molar-refractivity contribution in [2.45, 2.75) is 38.1 Å². The number of nitrogens with zero attached hydrogens (tertiary/aromatic N) is 1. The number of ether oxygens (including phenoxy) is 1. The molecule has 1 fully saturated rings. The van der Waals surface area contributed by atoms with Crippen molar-refractivity contribution in [1.29, 1.82) is 0 Å². The number of carbonyl (C=O) groups is 2. The molecule has 1 aromatic rings. The first-order valence-corrected chi connectivity index (χ1v) is 8.74. The van der Waals surface area contributed by atoms with Crippen molar-refractivity contribution in [3.8, 4) is 5.75 Å². The van der Waals surface area contributed by atoms with Crippen LogP contribution in [0.5, 0.6) is 5.75 Å². The van der Waals surface area contributed by atoms with Crippen LogP contribution in [0, 0.1) is 5.82 Å². The maximum atomic E-state index is 12.8. The number of benzene rings is 1. The van der Waals surface area contributed by atoms with Gasteiger partial charge in [0.15, 0.2) is 0 Å². The molecule has 2 rings (SSSR count). The van der Waals surface area contributed by atoms with Gasteiger partial charge in [-0.2, -0.15) is 0 Å². The smallest absolute Gasteiger partial charge is 0.226 e. The molecule has 1 aliphatic heterocycles. The average molecular weight is 351 g/mol. The molecule has 0 spiro atoms. The van der Waals surface area contributed by atoms with Crippen molar-refractivity contribution in [1.82, 2.24) is 10.2 Å². The van der Waals surface area contributed by atoms with E-state index in [1.54, 1.807) is 0 Å². The normalized spacial score (nSPS) is 17.2. The summed E-state index contributed by atoms with van der Waals surface area (Å²) < 4.78 is 18.3. The van der Waals surface area contributed by atoms with Gasteiger partial charge in [-0.25, -0.2) is 4.39 Å². The van der Waals surface area contributed by atoms with Crippen LogP contribution in [0.2, 0.25) is 0 Å². The lowest BCUT2D eigenvalue weighted by Crippen LogP contribution is -2.49. The number of piperidine rings is 1. The molecule has 1 unspecified atom stereocenters. The van der Waals surface area contributed by atoms with E-state index in [0.29, 0.717) is 31.8 Å². The van der Waals surface area contributed by atoms with Gasteiger partial charge in [0.1, 0.15) is 11.6 Å². The van der Waals surface area contributed by atoms with Gasteiger partial charge in [0.05, 0.1) is 13.0 Å². The van der Waals surface area contributed by atoms with E-state index < -0.39 is 0 Å². The zero-order chi connectivity index (χ0) is 18.1. The van der Waals surface area contributed by atoms with Crippen molar-refractivity contribution < 1.29 is 18.7 Å². The molecule has 0 radical (unpaired) electrons. The van der Waals surface area contributed by atoms with Crippen molar-refractivity contribution in [3.05, 3.63) is 30.1 Å². The second kappa shape index (κ2) is 9.98. The van der Waals surface area contributed by atoms with E-state index >= 15 is 0 Å². The second-order valence-corrected chi connectivity index (χ2v) is 6.13. The topological polar surface area (TPSA) is 84.7 Å². The molecule has 1 aromatic carbocycles. The molecule has 1 aliphatic rings. The van der Waals surface area contributed by atoms with Gasteiger partial charge in [0, 0.05) is 32.1 Å². The third kappa shape index (κ3) is 6.34. The first-order valence-electron chi connectivity index (χ1n) is 8.74. The fourth-order valence-corrected chi connectivity index (χ4v) is 2.92. The van der Waals surface area contributed by atoms with Gasteiger partial charge in [0.25, 0.3) is 0 Å². The highest BCUT2D eigenvalue weighted by atomic mass is 19.1. The zero-order valence-electron chi connectivity index (χ0n) is 14.4. The van der Waals surface area contributed by atoms with Gasteiger partial charge >= 0.3 is 0 Å². The van der Waals surface area contributed by atoms with E-state index in [4.69, 9.17) is 10.5 Å². The maximum Gasteiger partial charge on any atom is 0.226 e. The third-order valence-corrected chi connectivity index (χ3v) is 4.25. The van der Waals surface area contributed by atoms with E-state index in [0.717, 1.165) is 19.3 Å². The molecule has 7 heteroatoms.